The number of tetrazole rings is 1. The summed E-state index contributed by atoms with van der Waals surface area (Å²) in [7, 11) is 1.65. The largest absolute Gasteiger partial charge is 0.497 e. The van der Waals surface area contributed by atoms with Gasteiger partial charge >= 0.3 is 0 Å². The maximum Gasteiger partial charge on any atom is 0.252 e. The number of aromatic nitrogens is 5. The van der Waals surface area contributed by atoms with Crippen molar-refractivity contribution in [2.45, 2.75) is 51.4 Å². The smallest absolute Gasteiger partial charge is 0.252 e. The molecular formula is C28H32N6O5. The molecule has 11 nitrogen and oxygen atoms in total. The molecule has 0 saturated carbocycles. The van der Waals surface area contributed by atoms with Gasteiger partial charge in [-0.3, -0.25) is 9.69 Å². The summed E-state index contributed by atoms with van der Waals surface area (Å²) in [4.78, 5) is 18.5. The third-order valence-corrected chi connectivity index (χ3v) is 7.43. The van der Waals surface area contributed by atoms with E-state index in [4.69, 9.17) is 18.9 Å². The maximum absolute atomic E-state index is 13.2. The average molecular weight is 533 g/mol. The van der Waals surface area contributed by atoms with E-state index in [9.17, 15) is 4.79 Å². The Hall–Kier alpha value is -3.96. The van der Waals surface area contributed by atoms with Crippen LogP contribution in [0, 0.1) is 0 Å². The van der Waals surface area contributed by atoms with Crippen LogP contribution >= 0.6 is 0 Å². The van der Waals surface area contributed by atoms with Gasteiger partial charge in [0.05, 0.1) is 31.3 Å². The number of hydrogen-bond donors (Lipinski definition) is 1. The van der Waals surface area contributed by atoms with Crippen LogP contribution in [0.2, 0.25) is 0 Å². The number of pyridine rings is 1. The fraction of sp³-hybridized carbons (Fsp3) is 0.429. The van der Waals surface area contributed by atoms with Gasteiger partial charge in [-0.05, 0) is 59.5 Å². The molecule has 1 fully saturated rings. The summed E-state index contributed by atoms with van der Waals surface area (Å²) in [6, 6.07) is 13.4. The lowest BCUT2D eigenvalue weighted by Gasteiger charge is -2.32. The SMILES string of the molecule is CC[C@@H](c1nnnn1Cc1ccc(OC)cc1)N(Cc1cc2cc3c(cc2[nH]c1=O)OCO3)C[C@H]1CCCO1. The molecule has 4 aromatic rings. The third-order valence-electron chi connectivity index (χ3n) is 7.43. The maximum atomic E-state index is 13.2. The molecule has 0 spiro atoms. The zero-order valence-electron chi connectivity index (χ0n) is 22.1. The highest BCUT2D eigenvalue weighted by molar-refractivity contribution is 5.83. The van der Waals surface area contributed by atoms with Gasteiger partial charge < -0.3 is 23.9 Å². The van der Waals surface area contributed by atoms with E-state index < -0.39 is 0 Å². The Morgan fingerprint density at radius 3 is 2.74 bits per heavy atom. The van der Waals surface area contributed by atoms with Gasteiger partial charge in [0.25, 0.3) is 5.56 Å². The molecule has 4 heterocycles. The molecule has 0 aliphatic carbocycles. The van der Waals surface area contributed by atoms with Gasteiger partial charge in [-0.25, -0.2) is 4.68 Å². The Bertz CT molecular complexity index is 1490. The highest BCUT2D eigenvalue weighted by Gasteiger charge is 2.29. The van der Waals surface area contributed by atoms with E-state index >= 15 is 0 Å². The van der Waals surface area contributed by atoms with Crippen LogP contribution in [0.5, 0.6) is 17.2 Å². The predicted octanol–water partition coefficient (Wildman–Crippen LogP) is 3.43. The number of ether oxygens (including phenoxy) is 4. The van der Waals surface area contributed by atoms with Gasteiger partial charge in [-0.2, -0.15) is 0 Å². The molecule has 1 saturated heterocycles. The average Bonchev–Trinajstić information content (AvgIpc) is 3.72. The first kappa shape index (κ1) is 25.3. The molecular weight excluding hydrogens is 500 g/mol. The second-order valence-corrected chi connectivity index (χ2v) is 9.95. The van der Waals surface area contributed by atoms with Crippen molar-refractivity contribution in [2.24, 2.45) is 0 Å². The molecule has 2 aliphatic heterocycles. The second kappa shape index (κ2) is 11.0. The number of nitrogens with zero attached hydrogens (tertiary/aromatic N) is 5. The summed E-state index contributed by atoms with van der Waals surface area (Å²) in [5.41, 5.74) is 2.31. The summed E-state index contributed by atoms with van der Waals surface area (Å²) in [6.07, 6.45) is 2.88. The van der Waals surface area contributed by atoms with Crippen LogP contribution in [0.4, 0.5) is 0 Å². The van der Waals surface area contributed by atoms with Crippen molar-refractivity contribution in [2.75, 3.05) is 27.1 Å². The lowest BCUT2D eigenvalue weighted by molar-refractivity contribution is 0.0489. The minimum atomic E-state index is -0.133. The number of fused-ring (bicyclic) bond motifs is 2. The van der Waals surface area contributed by atoms with Crippen molar-refractivity contribution in [3.63, 3.8) is 0 Å². The van der Waals surface area contributed by atoms with Crippen LogP contribution in [-0.4, -0.2) is 63.2 Å². The molecule has 204 valence electrons. The van der Waals surface area contributed by atoms with Crippen LogP contribution in [0.25, 0.3) is 10.9 Å². The van der Waals surface area contributed by atoms with Crippen LogP contribution in [0.15, 0.2) is 47.3 Å². The van der Waals surface area contributed by atoms with E-state index in [0.717, 1.165) is 48.4 Å². The van der Waals surface area contributed by atoms with Crippen molar-refractivity contribution in [1.29, 1.82) is 0 Å². The molecule has 1 N–H and O–H groups in total. The number of methoxy groups -OCH3 is 1. The van der Waals surface area contributed by atoms with E-state index in [1.54, 1.807) is 7.11 Å². The summed E-state index contributed by atoms with van der Waals surface area (Å²) in [5, 5.41) is 13.7. The topological polar surface area (TPSA) is 117 Å². The number of nitrogens with one attached hydrogen (secondary N) is 1. The Balaban J connectivity index is 1.31. The third kappa shape index (κ3) is 5.32. The molecule has 11 heteroatoms. The molecule has 6 rings (SSSR count). The predicted molar refractivity (Wildman–Crippen MR) is 143 cm³/mol. The van der Waals surface area contributed by atoms with E-state index in [0.29, 0.717) is 42.2 Å². The molecule has 39 heavy (non-hydrogen) atoms. The molecule has 0 amide bonds. The van der Waals surface area contributed by atoms with Crippen LogP contribution in [0.3, 0.4) is 0 Å². The monoisotopic (exact) mass is 532 g/mol. The number of benzene rings is 2. The lowest BCUT2D eigenvalue weighted by Crippen LogP contribution is -2.37. The van der Waals surface area contributed by atoms with Crippen LogP contribution in [-0.2, 0) is 17.8 Å². The Kier molecular flexibility index (Phi) is 7.16. The van der Waals surface area contributed by atoms with E-state index in [1.807, 2.05) is 47.1 Å². The van der Waals surface area contributed by atoms with Gasteiger partial charge in [0, 0.05) is 36.7 Å². The number of H-pyrrole nitrogens is 1. The van der Waals surface area contributed by atoms with E-state index in [-0.39, 0.29) is 24.5 Å². The highest BCUT2D eigenvalue weighted by atomic mass is 16.7. The van der Waals surface area contributed by atoms with E-state index in [1.165, 1.54) is 0 Å². The van der Waals surface area contributed by atoms with Gasteiger partial charge in [-0.15, -0.1) is 5.10 Å². The van der Waals surface area contributed by atoms with Gasteiger partial charge in [0.2, 0.25) is 6.79 Å². The Labute approximate surface area is 225 Å². The first-order chi connectivity index (χ1) is 19.1. The van der Waals surface area contributed by atoms with Crippen molar-refractivity contribution >= 4 is 10.9 Å². The summed E-state index contributed by atoms with van der Waals surface area (Å²) in [6.45, 7) is 4.68. The van der Waals surface area contributed by atoms with Crippen molar-refractivity contribution in [1.82, 2.24) is 30.1 Å². The first-order valence-corrected chi connectivity index (χ1v) is 13.3. The summed E-state index contributed by atoms with van der Waals surface area (Å²) < 4.78 is 24.2. The van der Waals surface area contributed by atoms with Crippen molar-refractivity contribution in [3.8, 4) is 17.2 Å². The van der Waals surface area contributed by atoms with Crippen molar-refractivity contribution < 1.29 is 18.9 Å². The molecule has 2 aromatic carbocycles. The van der Waals surface area contributed by atoms with Gasteiger partial charge in [0.1, 0.15) is 5.75 Å². The first-order valence-electron chi connectivity index (χ1n) is 13.3. The highest BCUT2D eigenvalue weighted by Crippen LogP contribution is 2.35. The Morgan fingerprint density at radius 1 is 1.18 bits per heavy atom. The minimum Gasteiger partial charge on any atom is -0.497 e. The lowest BCUT2D eigenvalue weighted by atomic mass is 10.1. The van der Waals surface area contributed by atoms with Crippen LogP contribution in [0.1, 0.15) is 49.2 Å². The van der Waals surface area contributed by atoms with Gasteiger partial charge in [-0.1, -0.05) is 19.1 Å². The molecule has 0 bridgehead atoms. The number of hydrogen-bond acceptors (Lipinski definition) is 9. The number of rotatable bonds is 10. The molecule has 0 unspecified atom stereocenters. The molecule has 2 aliphatic rings. The number of aromatic amines is 1. The normalized spacial score (nSPS) is 17.3. The zero-order chi connectivity index (χ0) is 26.8. The summed E-state index contributed by atoms with van der Waals surface area (Å²) in [5.74, 6) is 2.88. The standard InChI is InChI=1S/C28H32N6O5/c1-3-24(27-30-31-32-34(27)14-18-6-8-21(36-2)9-7-18)33(16-22-5-4-10-37-22)15-20-11-19-12-25-26(39-17-38-25)13-23(19)29-28(20)35/h6-9,11-13,22,24H,3-5,10,14-17H2,1-2H3,(H,29,35)/t22-,24+/m1/s1. The van der Waals surface area contributed by atoms with Crippen molar-refractivity contribution in [3.05, 3.63) is 69.8 Å². The molecule has 2 aromatic heterocycles. The fourth-order valence-corrected chi connectivity index (χ4v) is 5.40. The second-order valence-electron chi connectivity index (χ2n) is 9.95. The van der Waals surface area contributed by atoms with E-state index in [2.05, 4.69) is 32.3 Å². The Morgan fingerprint density at radius 2 is 2.00 bits per heavy atom. The summed E-state index contributed by atoms with van der Waals surface area (Å²) >= 11 is 0. The fourth-order valence-electron chi connectivity index (χ4n) is 5.40. The molecule has 0 radical (unpaired) electrons. The van der Waals surface area contributed by atoms with Gasteiger partial charge in [0.15, 0.2) is 17.3 Å². The van der Waals surface area contributed by atoms with Crippen LogP contribution < -0.4 is 19.8 Å². The minimum absolute atomic E-state index is 0.0957. The molecule has 2 atom stereocenters. The zero-order valence-corrected chi connectivity index (χ0v) is 22.1. The quantitative estimate of drug-likeness (QED) is 0.328.